The number of pyridine rings is 1. The molecule has 1 atom stereocenters. The zero-order chi connectivity index (χ0) is 9.14. The zero-order valence-electron chi connectivity index (χ0n) is 5.76. The fourth-order valence-electron chi connectivity index (χ4n) is 0.639. The van der Waals surface area contributed by atoms with Crippen LogP contribution in [0.15, 0.2) is 16.6 Å². The summed E-state index contributed by atoms with van der Waals surface area (Å²) in [6, 6.07) is 5.21. The number of halogens is 3. The molecular weight excluding hydrogens is 263 g/mol. The SMILES string of the molecule is N#CC(Cl)c1ccc(Br)c(Cl)n1. The number of rotatable bonds is 1. The van der Waals surface area contributed by atoms with Crippen molar-refractivity contribution in [1.29, 1.82) is 5.26 Å². The van der Waals surface area contributed by atoms with Gasteiger partial charge in [0.15, 0.2) is 5.38 Å². The molecule has 0 fully saturated rings. The lowest BCUT2D eigenvalue weighted by Gasteiger charge is -2.00. The van der Waals surface area contributed by atoms with Gasteiger partial charge in [-0.05, 0) is 28.1 Å². The molecule has 12 heavy (non-hydrogen) atoms. The molecule has 1 aromatic heterocycles. The molecule has 5 heteroatoms. The first-order valence-corrected chi connectivity index (χ1v) is 4.61. The molecule has 0 aliphatic heterocycles. The molecule has 0 amide bonds. The Morgan fingerprint density at radius 3 is 2.75 bits per heavy atom. The third kappa shape index (κ3) is 2.10. The van der Waals surface area contributed by atoms with E-state index in [1.54, 1.807) is 12.1 Å². The fourth-order valence-corrected chi connectivity index (χ4v) is 1.14. The molecule has 0 aliphatic carbocycles. The van der Waals surface area contributed by atoms with Crippen molar-refractivity contribution in [3.8, 4) is 6.07 Å². The van der Waals surface area contributed by atoms with Gasteiger partial charge >= 0.3 is 0 Å². The molecule has 0 radical (unpaired) electrons. The first-order chi connectivity index (χ1) is 5.65. The minimum absolute atomic E-state index is 0.313. The molecule has 62 valence electrons. The highest BCUT2D eigenvalue weighted by molar-refractivity contribution is 9.10. The van der Waals surface area contributed by atoms with Gasteiger partial charge in [-0.25, -0.2) is 4.98 Å². The molecule has 0 aromatic carbocycles. The molecule has 2 nitrogen and oxygen atoms in total. The van der Waals surface area contributed by atoms with Gasteiger partial charge in [-0.3, -0.25) is 0 Å². The van der Waals surface area contributed by atoms with Crippen molar-refractivity contribution in [1.82, 2.24) is 4.98 Å². The Morgan fingerprint density at radius 2 is 2.25 bits per heavy atom. The van der Waals surface area contributed by atoms with E-state index in [0.717, 1.165) is 0 Å². The van der Waals surface area contributed by atoms with Crippen LogP contribution in [0.25, 0.3) is 0 Å². The molecule has 0 saturated carbocycles. The van der Waals surface area contributed by atoms with Crippen LogP contribution >= 0.6 is 39.1 Å². The van der Waals surface area contributed by atoms with E-state index in [1.807, 2.05) is 6.07 Å². The normalized spacial score (nSPS) is 12.2. The summed E-state index contributed by atoms with van der Waals surface area (Å²) in [7, 11) is 0. The van der Waals surface area contributed by atoms with Crippen LogP contribution in [0.2, 0.25) is 5.15 Å². The lowest BCUT2D eigenvalue weighted by molar-refractivity contribution is 1.08. The molecule has 0 spiro atoms. The summed E-state index contributed by atoms with van der Waals surface area (Å²) in [6.07, 6.45) is 0. The van der Waals surface area contributed by atoms with Crippen molar-refractivity contribution >= 4 is 39.1 Å². The first-order valence-electron chi connectivity index (χ1n) is 3.01. The number of alkyl halides is 1. The van der Waals surface area contributed by atoms with Gasteiger partial charge in [0.05, 0.1) is 16.2 Å². The summed E-state index contributed by atoms with van der Waals surface area (Å²) >= 11 is 14.5. The van der Waals surface area contributed by atoms with Crippen molar-refractivity contribution in [2.24, 2.45) is 0 Å². The van der Waals surface area contributed by atoms with E-state index in [0.29, 0.717) is 15.3 Å². The van der Waals surface area contributed by atoms with Crippen LogP contribution < -0.4 is 0 Å². The van der Waals surface area contributed by atoms with Gasteiger partial charge < -0.3 is 0 Å². The summed E-state index contributed by atoms with van der Waals surface area (Å²) in [5.74, 6) is 0. The van der Waals surface area contributed by atoms with E-state index in [-0.39, 0.29) is 0 Å². The Hall–Kier alpha value is -0.300. The standard InChI is InChI=1S/C7H3BrCl2N2/c8-4-1-2-6(5(9)3-11)12-7(4)10/h1-2,5H. The summed E-state index contributed by atoms with van der Waals surface area (Å²) in [4.78, 5) is 3.91. The van der Waals surface area contributed by atoms with E-state index in [4.69, 9.17) is 28.5 Å². The lowest BCUT2D eigenvalue weighted by atomic mass is 10.3. The van der Waals surface area contributed by atoms with Crippen LogP contribution in [0, 0.1) is 11.3 Å². The van der Waals surface area contributed by atoms with Crippen molar-refractivity contribution in [3.63, 3.8) is 0 Å². The topological polar surface area (TPSA) is 36.7 Å². The number of hydrogen-bond acceptors (Lipinski definition) is 2. The predicted octanol–water partition coefficient (Wildman–Crippen LogP) is 3.30. The van der Waals surface area contributed by atoms with Crippen molar-refractivity contribution in [2.75, 3.05) is 0 Å². The lowest BCUT2D eigenvalue weighted by Crippen LogP contribution is -1.91. The summed E-state index contributed by atoms with van der Waals surface area (Å²) in [5.41, 5.74) is 0.465. The minimum Gasteiger partial charge on any atom is -0.237 e. The second-order valence-corrected chi connectivity index (χ2v) is 3.65. The monoisotopic (exact) mass is 264 g/mol. The highest BCUT2D eigenvalue weighted by atomic mass is 79.9. The quantitative estimate of drug-likeness (QED) is 0.577. The van der Waals surface area contributed by atoms with E-state index < -0.39 is 5.38 Å². The van der Waals surface area contributed by atoms with Crippen LogP contribution in [0.1, 0.15) is 11.1 Å². The molecule has 0 aliphatic rings. The number of nitrogens with zero attached hydrogens (tertiary/aromatic N) is 2. The third-order valence-corrected chi connectivity index (χ3v) is 2.68. The van der Waals surface area contributed by atoms with Gasteiger partial charge in [0.2, 0.25) is 0 Å². The molecule has 0 N–H and O–H groups in total. The van der Waals surface area contributed by atoms with E-state index in [1.165, 1.54) is 0 Å². The average Bonchev–Trinajstić information content (AvgIpc) is 2.08. The van der Waals surface area contributed by atoms with Gasteiger partial charge in [0.25, 0.3) is 0 Å². The van der Waals surface area contributed by atoms with Gasteiger partial charge in [-0.15, -0.1) is 0 Å². The van der Waals surface area contributed by atoms with Crippen molar-refractivity contribution in [2.45, 2.75) is 5.38 Å². The van der Waals surface area contributed by atoms with Gasteiger partial charge in [0, 0.05) is 0 Å². The molecule has 0 bridgehead atoms. The Bertz CT molecular complexity index is 335. The maximum Gasteiger partial charge on any atom is 0.162 e. The number of hydrogen-bond donors (Lipinski definition) is 0. The predicted molar refractivity (Wildman–Crippen MR) is 51.2 cm³/mol. The maximum absolute atomic E-state index is 8.47. The highest BCUT2D eigenvalue weighted by Crippen LogP contribution is 2.24. The van der Waals surface area contributed by atoms with Crippen molar-refractivity contribution < 1.29 is 0 Å². The molecular formula is C7H3BrCl2N2. The largest absolute Gasteiger partial charge is 0.237 e. The molecule has 1 heterocycles. The Morgan fingerprint density at radius 1 is 1.58 bits per heavy atom. The molecule has 1 unspecified atom stereocenters. The van der Waals surface area contributed by atoms with Crippen LogP contribution in [0.4, 0.5) is 0 Å². The first kappa shape index (κ1) is 9.79. The van der Waals surface area contributed by atoms with Crippen LogP contribution in [-0.4, -0.2) is 4.98 Å². The summed E-state index contributed by atoms with van der Waals surface area (Å²) < 4.78 is 0.690. The van der Waals surface area contributed by atoms with Gasteiger partial charge in [0.1, 0.15) is 5.15 Å². The minimum atomic E-state index is -0.740. The summed E-state index contributed by atoms with van der Waals surface area (Å²) in [6.45, 7) is 0. The van der Waals surface area contributed by atoms with Gasteiger partial charge in [-0.2, -0.15) is 5.26 Å². The number of aromatic nitrogens is 1. The van der Waals surface area contributed by atoms with Crippen LogP contribution in [0.3, 0.4) is 0 Å². The van der Waals surface area contributed by atoms with Crippen molar-refractivity contribution in [3.05, 3.63) is 27.5 Å². The molecule has 1 rings (SSSR count). The van der Waals surface area contributed by atoms with Crippen LogP contribution in [-0.2, 0) is 0 Å². The van der Waals surface area contributed by atoms with E-state index >= 15 is 0 Å². The Labute approximate surface area is 88.2 Å². The smallest absolute Gasteiger partial charge is 0.162 e. The molecule has 0 saturated heterocycles. The fraction of sp³-hybridized carbons (Fsp3) is 0.143. The van der Waals surface area contributed by atoms with Gasteiger partial charge in [-0.1, -0.05) is 23.2 Å². The third-order valence-electron chi connectivity index (χ3n) is 1.20. The Balaban J connectivity index is 3.06. The van der Waals surface area contributed by atoms with Crippen LogP contribution in [0.5, 0.6) is 0 Å². The maximum atomic E-state index is 8.47. The second kappa shape index (κ2) is 4.08. The second-order valence-electron chi connectivity index (χ2n) is 2.00. The van der Waals surface area contributed by atoms with E-state index in [2.05, 4.69) is 20.9 Å². The summed E-state index contributed by atoms with van der Waals surface area (Å²) in [5, 5.41) is 8.04. The number of nitriles is 1. The average molecular weight is 266 g/mol. The highest BCUT2D eigenvalue weighted by Gasteiger charge is 2.09. The van der Waals surface area contributed by atoms with E-state index in [9.17, 15) is 0 Å². The Kier molecular flexibility index (Phi) is 3.33. The zero-order valence-corrected chi connectivity index (χ0v) is 8.86. The molecule has 1 aromatic rings.